The number of piperidine rings is 1. The summed E-state index contributed by atoms with van der Waals surface area (Å²) in [5.41, 5.74) is 5.78. The first-order valence-corrected chi connectivity index (χ1v) is 8.04. The van der Waals surface area contributed by atoms with Gasteiger partial charge in [0.15, 0.2) is 0 Å². The van der Waals surface area contributed by atoms with Crippen LogP contribution in [0.25, 0.3) is 0 Å². The van der Waals surface area contributed by atoms with E-state index in [2.05, 4.69) is 21.2 Å². The van der Waals surface area contributed by atoms with E-state index < -0.39 is 5.82 Å². The van der Waals surface area contributed by atoms with Gasteiger partial charge in [0.25, 0.3) is 5.91 Å². The second-order valence-electron chi connectivity index (χ2n) is 5.29. The molecule has 1 saturated heterocycles. The molecule has 0 saturated carbocycles. The van der Waals surface area contributed by atoms with E-state index in [0.29, 0.717) is 36.2 Å². The molecule has 2 amide bonds. The number of nitrogens with zero attached hydrogens (tertiary/aromatic N) is 1. The van der Waals surface area contributed by atoms with Crippen molar-refractivity contribution in [2.24, 2.45) is 11.7 Å². The first kappa shape index (κ1) is 19.9. The normalized spacial score (nSPS) is 17.3. The number of benzene rings is 1. The van der Waals surface area contributed by atoms with Gasteiger partial charge in [-0.1, -0.05) is 0 Å². The number of carbonyl (C=O) groups excluding carboxylic acids is 2. The predicted molar refractivity (Wildman–Crippen MR) is 92.0 cm³/mol. The van der Waals surface area contributed by atoms with E-state index in [0.717, 1.165) is 12.8 Å². The van der Waals surface area contributed by atoms with E-state index >= 15 is 0 Å². The number of nitrogens with one attached hydrogen (secondary N) is 1. The third kappa shape index (κ3) is 5.16. The highest BCUT2D eigenvalue weighted by Crippen LogP contribution is 2.23. The van der Waals surface area contributed by atoms with Crippen molar-refractivity contribution in [2.75, 3.05) is 26.2 Å². The van der Waals surface area contributed by atoms with Gasteiger partial charge in [0.1, 0.15) is 5.82 Å². The van der Waals surface area contributed by atoms with Crippen molar-refractivity contribution < 1.29 is 14.0 Å². The third-order valence-corrected chi connectivity index (χ3v) is 4.34. The van der Waals surface area contributed by atoms with Gasteiger partial charge in [0.2, 0.25) is 5.91 Å². The smallest absolute Gasteiger partial charge is 0.255 e. The minimum atomic E-state index is -0.402. The molecule has 0 spiro atoms. The SMILES string of the molecule is Cl.NCCNC(=O)C1CCCN(C(=O)c2ccc(F)cc2Br)C1. The van der Waals surface area contributed by atoms with E-state index in [-0.39, 0.29) is 30.1 Å². The number of hydrogen-bond acceptors (Lipinski definition) is 3. The molecule has 0 bridgehead atoms. The zero-order chi connectivity index (χ0) is 16.1. The van der Waals surface area contributed by atoms with Crippen LogP contribution in [0.2, 0.25) is 0 Å². The van der Waals surface area contributed by atoms with Gasteiger partial charge in [-0.25, -0.2) is 4.39 Å². The molecule has 1 unspecified atom stereocenters. The summed E-state index contributed by atoms with van der Waals surface area (Å²) >= 11 is 3.21. The second-order valence-corrected chi connectivity index (χ2v) is 6.15. The highest BCUT2D eigenvalue weighted by molar-refractivity contribution is 9.10. The Hall–Kier alpha value is -1.18. The van der Waals surface area contributed by atoms with Crippen molar-refractivity contribution in [3.8, 4) is 0 Å². The third-order valence-electron chi connectivity index (χ3n) is 3.68. The minimum absolute atomic E-state index is 0. The maximum Gasteiger partial charge on any atom is 0.255 e. The Morgan fingerprint density at radius 3 is 2.83 bits per heavy atom. The fourth-order valence-corrected chi connectivity index (χ4v) is 3.07. The number of hydrogen-bond donors (Lipinski definition) is 2. The van der Waals surface area contributed by atoms with Gasteiger partial charge in [-0.15, -0.1) is 12.4 Å². The quantitative estimate of drug-likeness (QED) is 0.799. The molecule has 2 rings (SSSR count). The molecule has 1 fully saturated rings. The van der Waals surface area contributed by atoms with Crippen LogP contribution < -0.4 is 11.1 Å². The van der Waals surface area contributed by atoms with Crippen molar-refractivity contribution in [1.82, 2.24) is 10.2 Å². The molecule has 1 aliphatic heterocycles. The summed E-state index contributed by atoms with van der Waals surface area (Å²) in [5.74, 6) is -0.881. The van der Waals surface area contributed by atoms with Gasteiger partial charge in [-0.3, -0.25) is 9.59 Å². The molecule has 0 aromatic heterocycles. The molecule has 1 aliphatic rings. The van der Waals surface area contributed by atoms with Gasteiger partial charge in [-0.2, -0.15) is 0 Å². The standard InChI is InChI=1S/C15H19BrFN3O2.ClH/c16-13-8-11(17)3-4-12(13)15(22)20-7-1-2-10(9-20)14(21)19-6-5-18;/h3-4,8,10H,1-2,5-7,9,18H2,(H,19,21);1H. The monoisotopic (exact) mass is 407 g/mol. The molecule has 8 heteroatoms. The summed E-state index contributed by atoms with van der Waals surface area (Å²) in [6.07, 6.45) is 1.52. The second kappa shape index (κ2) is 9.20. The summed E-state index contributed by atoms with van der Waals surface area (Å²) in [7, 11) is 0. The largest absolute Gasteiger partial charge is 0.355 e. The summed E-state index contributed by atoms with van der Waals surface area (Å²) in [5, 5.41) is 2.76. The lowest BCUT2D eigenvalue weighted by atomic mass is 9.96. The molecule has 0 aliphatic carbocycles. The van der Waals surface area contributed by atoms with Crippen LogP contribution in [0, 0.1) is 11.7 Å². The first-order chi connectivity index (χ1) is 10.5. The Morgan fingerprint density at radius 2 is 2.17 bits per heavy atom. The molecule has 0 radical (unpaired) electrons. The Labute approximate surface area is 149 Å². The minimum Gasteiger partial charge on any atom is -0.355 e. The molecule has 1 aromatic rings. The van der Waals surface area contributed by atoms with Gasteiger partial charge in [-0.05, 0) is 47.0 Å². The van der Waals surface area contributed by atoms with Crippen LogP contribution in [0.15, 0.2) is 22.7 Å². The number of halogens is 3. The van der Waals surface area contributed by atoms with Crippen LogP contribution in [-0.2, 0) is 4.79 Å². The number of rotatable bonds is 4. The predicted octanol–water partition coefficient (Wildman–Crippen LogP) is 1.94. The number of nitrogens with two attached hydrogens (primary N) is 1. The topological polar surface area (TPSA) is 75.4 Å². The molecule has 128 valence electrons. The number of likely N-dealkylation sites (tertiary alicyclic amines) is 1. The van der Waals surface area contributed by atoms with Crippen LogP contribution in [-0.4, -0.2) is 42.9 Å². The van der Waals surface area contributed by atoms with Crippen LogP contribution in [0.4, 0.5) is 4.39 Å². The molecule has 5 nitrogen and oxygen atoms in total. The average Bonchev–Trinajstić information content (AvgIpc) is 2.52. The summed E-state index contributed by atoms with van der Waals surface area (Å²) < 4.78 is 13.5. The molecule has 1 heterocycles. The summed E-state index contributed by atoms with van der Waals surface area (Å²) in [6, 6.07) is 3.98. The van der Waals surface area contributed by atoms with E-state index in [1.807, 2.05) is 0 Å². The van der Waals surface area contributed by atoms with Crippen LogP contribution in [0.5, 0.6) is 0 Å². The van der Waals surface area contributed by atoms with Crippen LogP contribution >= 0.6 is 28.3 Å². The van der Waals surface area contributed by atoms with E-state index in [4.69, 9.17) is 5.73 Å². The Balaban J connectivity index is 0.00000264. The highest BCUT2D eigenvalue weighted by Gasteiger charge is 2.29. The van der Waals surface area contributed by atoms with Crippen LogP contribution in [0.1, 0.15) is 23.2 Å². The number of amides is 2. The van der Waals surface area contributed by atoms with Crippen LogP contribution in [0.3, 0.4) is 0 Å². The van der Waals surface area contributed by atoms with Crippen molar-refractivity contribution in [3.05, 3.63) is 34.1 Å². The Kier molecular flexibility index (Phi) is 7.94. The highest BCUT2D eigenvalue weighted by atomic mass is 79.9. The maximum absolute atomic E-state index is 13.1. The van der Waals surface area contributed by atoms with E-state index in [1.54, 1.807) is 4.90 Å². The van der Waals surface area contributed by atoms with Gasteiger partial charge in [0.05, 0.1) is 11.5 Å². The lowest BCUT2D eigenvalue weighted by molar-refractivity contribution is -0.126. The zero-order valence-corrected chi connectivity index (χ0v) is 15.0. The van der Waals surface area contributed by atoms with E-state index in [1.165, 1.54) is 18.2 Å². The van der Waals surface area contributed by atoms with Crippen molar-refractivity contribution in [3.63, 3.8) is 0 Å². The molecule has 1 aromatic carbocycles. The van der Waals surface area contributed by atoms with Gasteiger partial charge >= 0.3 is 0 Å². The molecule has 23 heavy (non-hydrogen) atoms. The zero-order valence-electron chi connectivity index (χ0n) is 12.6. The lowest BCUT2D eigenvalue weighted by Crippen LogP contribution is -2.46. The fraction of sp³-hybridized carbons (Fsp3) is 0.467. The molecule has 3 N–H and O–H groups in total. The molecule has 1 atom stereocenters. The first-order valence-electron chi connectivity index (χ1n) is 7.25. The fourth-order valence-electron chi connectivity index (χ4n) is 2.55. The lowest BCUT2D eigenvalue weighted by Gasteiger charge is -2.32. The Bertz CT molecular complexity index is 574. The van der Waals surface area contributed by atoms with E-state index in [9.17, 15) is 14.0 Å². The summed E-state index contributed by atoms with van der Waals surface area (Å²) in [4.78, 5) is 26.2. The average molecular weight is 409 g/mol. The van der Waals surface area contributed by atoms with Gasteiger partial charge < -0.3 is 16.0 Å². The summed E-state index contributed by atoms with van der Waals surface area (Å²) in [6.45, 7) is 1.80. The maximum atomic E-state index is 13.1. The van der Waals surface area contributed by atoms with Crippen molar-refractivity contribution in [1.29, 1.82) is 0 Å². The molecular formula is C15H20BrClFN3O2. The Morgan fingerprint density at radius 1 is 1.43 bits per heavy atom. The molecular weight excluding hydrogens is 389 g/mol. The number of carbonyl (C=O) groups is 2. The van der Waals surface area contributed by atoms with Gasteiger partial charge in [0, 0.05) is 30.7 Å². The van der Waals surface area contributed by atoms with Crippen molar-refractivity contribution >= 4 is 40.2 Å². The van der Waals surface area contributed by atoms with Crippen molar-refractivity contribution in [2.45, 2.75) is 12.8 Å².